The summed E-state index contributed by atoms with van der Waals surface area (Å²) in [7, 11) is 0. The Morgan fingerprint density at radius 1 is 1.12 bits per heavy atom. The number of amides is 1. The Kier molecular flexibility index (Phi) is 4.49. The van der Waals surface area contributed by atoms with E-state index in [1.165, 1.54) is 0 Å². The van der Waals surface area contributed by atoms with E-state index in [4.69, 9.17) is 0 Å². The minimum atomic E-state index is -0.455. The quantitative estimate of drug-likeness (QED) is 0.594. The Balaban J connectivity index is 2.02. The van der Waals surface area contributed by atoms with Gasteiger partial charge in [0.1, 0.15) is 0 Å². The van der Waals surface area contributed by atoms with Crippen LogP contribution < -0.4 is 0 Å². The number of fused-ring (bicyclic) bond motifs is 1. The van der Waals surface area contributed by atoms with Gasteiger partial charge in [-0.15, -0.1) is 10.2 Å². The molecule has 3 aromatic rings. The summed E-state index contributed by atoms with van der Waals surface area (Å²) in [4.78, 5) is 12.2. The number of azo groups is 1. The Morgan fingerprint density at radius 3 is 2.46 bits per heavy atom. The van der Waals surface area contributed by atoms with Crippen LogP contribution in [-0.4, -0.2) is 15.6 Å². The highest BCUT2D eigenvalue weighted by molar-refractivity contribution is 9.10. The molecule has 0 spiro atoms. The van der Waals surface area contributed by atoms with Gasteiger partial charge in [-0.05, 0) is 44.2 Å². The number of benzene rings is 2. The van der Waals surface area contributed by atoms with Gasteiger partial charge in [0.25, 0.3) is 5.91 Å². The molecule has 3 rings (SSSR count). The number of hydrogen-bond acceptors (Lipinski definition) is 3. The fourth-order valence-electron chi connectivity index (χ4n) is 2.60. The molecular weight excluding hydrogens is 370 g/mol. The molecule has 24 heavy (non-hydrogen) atoms. The summed E-state index contributed by atoms with van der Waals surface area (Å²) >= 11 is 3.32. The number of carbonyl (C=O) groups excluding carboxylic acids is 1. The van der Waals surface area contributed by atoms with Gasteiger partial charge in [-0.3, -0.25) is 4.79 Å². The summed E-state index contributed by atoms with van der Waals surface area (Å²) in [6.45, 7) is 3.94. The third-order valence-corrected chi connectivity index (χ3v) is 4.24. The summed E-state index contributed by atoms with van der Waals surface area (Å²) in [5.74, 6) is -0.443. The van der Waals surface area contributed by atoms with E-state index in [2.05, 4.69) is 26.2 Å². The molecule has 0 bridgehead atoms. The number of halogens is 1. The van der Waals surface area contributed by atoms with E-state index >= 15 is 0 Å². The number of hydrogen-bond donors (Lipinski definition) is 1. The van der Waals surface area contributed by atoms with Crippen LogP contribution in [0.5, 0.6) is 5.88 Å². The molecule has 1 heterocycles. The summed E-state index contributed by atoms with van der Waals surface area (Å²) in [6, 6.07) is 14.5. The van der Waals surface area contributed by atoms with Crippen molar-refractivity contribution in [3.05, 3.63) is 58.6 Å². The molecule has 1 amide bonds. The van der Waals surface area contributed by atoms with Gasteiger partial charge in [0.05, 0.1) is 5.52 Å². The van der Waals surface area contributed by atoms with Gasteiger partial charge < -0.3 is 9.67 Å². The van der Waals surface area contributed by atoms with Gasteiger partial charge >= 0.3 is 0 Å². The predicted molar refractivity (Wildman–Crippen MR) is 97.0 cm³/mol. The van der Waals surface area contributed by atoms with Gasteiger partial charge in [0, 0.05) is 21.5 Å². The predicted octanol–water partition coefficient (Wildman–Crippen LogP) is 5.61. The second kappa shape index (κ2) is 6.57. The topological polar surface area (TPSA) is 66.9 Å². The first kappa shape index (κ1) is 16.4. The highest BCUT2D eigenvalue weighted by Gasteiger charge is 2.18. The third-order valence-electron chi connectivity index (χ3n) is 3.71. The lowest BCUT2D eigenvalue weighted by Gasteiger charge is -2.10. The van der Waals surface area contributed by atoms with E-state index in [0.717, 1.165) is 15.4 Å². The standard InChI is InChI=1S/C18H16BrN3O2/c1-11(2)22-15-6-4-3-5-14(15)16(18(22)24)20-21-17(23)12-7-9-13(19)10-8-12/h3-11,24H,1-2H3. The lowest BCUT2D eigenvalue weighted by atomic mass is 10.2. The van der Waals surface area contributed by atoms with E-state index in [-0.39, 0.29) is 11.9 Å². The zero-order valence-electron chi connectivity index (χ0n) is 13.3. The normalized spacial score (nSPS) is 11.7. The van der Waals surface area contributed by atoms with Crippen molar-refractivity contribution in [3.8, 4) is 5.88 Å². The summed E-state index contributed by atoms with van der Waals surface area (Å²) < 4.78 is 2.65. The number of aromatic nitrogens is 1. The Bertz CT molecular complexity index is 927. The molecule has 5 nitrogen and oxygen atoms in total. The van der Waals surface area contributed by atoms with Crippen LogP contribution in [0, 0.1) is 0 Å². The van der Waals surface area contributed by atoms with Crippen LogP contribution in [0.2, 0.25) is 0 Å². The molecule has 0 aliphatic carbocycles. The second-order valence-electron chi connectivity index (χ2n) is 5.67. The van der Waals surface area contributed by atoms with Crippen LogP contribution >= 0.6 is 15.9 Å². The van der Waals surface area contributed by atoms with Gasteiger partial charge in [-0.25, -0.2) is 0 Å². The van der Waals surface area contributed by atoms with Gasteiger partial charge in [0.2, 0.25) is 5.88 Å². The van der Waals surface area contributed by atoms with E-state index in [1.807, 2.05) is 38.1 Å². The molecule has 0 aliphatic rings. The van der Waals surface area contributed by atoms with Crippen molar-refractivity contribution in [1.29, 1.82) is 0 Å². The lowest BCUT2D eigenvalue weighted by Crippen LogP contribution is -1.98. The average molecular weight is 386 g/mol. The monoisotopic (exact) mass is 385 g/mol. The van der Waals surface area contributed by atoms with E-state index in [1.54, 1.807) is 28.8 Å². The molecule has 0 radical (unpaired) electrons. The third kappa shape index (κ3) is 2.97. The van der Waals surface area contributed by atoms with Crippen molar-refractivity contribution >= 4 is 38.4 Å². The van der Waals surface area contributed by atoms with Gasteiger partial charge in [0.15, 0.2) is 5.69 Å². The Labute approximate surface area is 147 Å². The van der Waals surface area contributed by atoms with E-state index in [9.17, 15) is 9.90 Å². The molecular formula is C18H16BrN3O2. The van der Waals surface area contributed by atoms with Gasteiger partial charge in [-0.2, -0.15) is 0 Å². The van der Waals surface area contributed by atoms with Crippen LogP contribution in [-0.2, 0) is 0 Å². The molecule has 0 fully saturated rings. The summed E-state index contributed by atoms with van der Waals surface area (Å²) in [6.07, 6.45) is 0. The number of rotatable bonds is 3. The number of nitrogens with zero attached hydrogens (tertiary/aromatic N) is 3. The zero-order valence-corrected chi connectivity index (χ0v) is 14.9. The molecule has 2 aromatic carbocycles. The summed E-state index contributed by atoms with van der Waals surface area (Å²) in [5, 5.41) is 19.1. The maximum Gasteiger partial charge on any atom is 0.295 e. The first-order chi connectivity index (χ1) is 11.5. The molecule has 0 saturated heterocycles. The van der Waals surface area contributed by atoms with Crippen molar-refractivity contribution in [2.45, 2.75) is 19.9 Å². The number of aromatic hydroxyl groups is 1. The van der Waals surface area contributed by atoms with Crippen molar-refractivity contribution in [1.82, 2.24) is 4.57 Å². The first-order valence-corrected chi connectivity index (χ1v) is 8.32. The molecule has 0 saturated carbocycles. The molecule has 0 aliphatic heterocycles. The smallest absolute Gasteiger partial charge is 0.295 e. The largest absolute Gasteiger partial charge is 0.493 e. The minimum Gasteiger partial charge on any atom is -0.493 e. The lowest BCUT2D eigenvalue weighted by molar-refractivity contribution is 0.0995. The van der Waals surface area contributed by atoms with Crippen LogP contribution in [0.3, 0.4) is 0 Å². The first-order valence-electron chi connectivity index (χ1n) is 7.52. The number of carbonyl (C=O) groups is 1. The highest BCUT2D eigenvalue weighted by Crippen LogP contribution is 2.40. The average Bonchev–Trinajstić information content (AvgIpc) is 2.85. The molecule has 1 aromatic heterocycles. The van der Waals surface area contributed by atoms with Crippen LogP contribution in [0.4, 0.5) is 5.69 Å². The SMILES string of the molecule is CC(C)n1c(O)c(N=NC(=O)c2ccc(Br)cc2)c2ccccc21. The maximum absolute atomic E-state index is 12.2. The second-order valence-corrected chi connectivity index (χ2v) is 6.58. The van der Waals surface area contributed by atoms with Crippen LogP contribution in [0.1, 0.15) is 30.2 Å². The van der Waals surface area contributed by atoms with Crippen molar-refractivity contribution in [2.75, 3.05) is 0 Å². The number of para-hydroxylation sites is 1. The van der Waals surface area contributed by atoms with E-state index < -0.39 is 5.91 Å². The van der Waals surface area contributed by atoms with Crippen LogP contribution in [0.25, 0.3) is 10.9 Å². The Hall–Kier alpha value is -2.47. The fraction of sp³-hybridized carbons (Fsp3) is 0.167. The van der Waals surface area contributed by atoms with E-state index in [0.29, 0.717) is 11.3 Å². The Morgan fingerprint density at radius 2 is 1.79 bits per heavy atom. The van der Waals surface area contributed by atoms with Crippen LogP contribution in [0.15, 0.2) is 63.2 Å². The fourth-order valence-corrected chi connectivity index (χ4v) is 2.86. The van der Waals surface area contributed by atoms with Crippen molar-refractivity contribution in [3.63, 3.8) is 0 Å². The molecule has 0 unspecified atom stereocenters. The molecule has 122 valence electrons. The summed E-state index contributed by atoms with van der Waals surface area (Å²) in [5.41, 5.74) is 1.61. The van der Waals surface area contributed by atoms with Crippen molar-refractivity contribution in [2.24, 2.45) is 10.2 Å². The van der Waals surface area contributed by atoms with Gasteiger partial charge in [-0.1, -0.05) is 34.1 Å². The molecule has 6 heteroatoms. The highest BCUT2D eigenvalue weighted by atomic mass is 79.9. The minimum absolute atomic E-state index is 0.0126. The maximum atomic E-state index is 12.2. The molecule has 1 N–H and O–H groups in total. The van der Waals surface area contributed by atoms with Crippen molar-refractivity contribution < 1.29 is 9.90 Å². The zero-order chi connectivity index (χ0) is 17.3. The molecule has 0 atom stereocenters.